The predicted molar refractivity (Wildman–Crippen MR) is 72.8 cm³/mol. The lowest BCUT2D eigenvalue weighted by Crippen LogP contribution is -2.10. The number of halogens is 1. The number of nitrogen functional groups attached to an aromatic ring is 1. The third kappa shape index (κ3) is 2.96. The molecule has 0 amide bonds. The molecular weight excluding hydrogens is 250 g/mol. The van der Waals surface area contributed by atoms with Gasteiger partial charge in [-0.15, -0.1) is 0 Å². The zero-order valence-electron chi connectivity index (χ0n) is 10.4. The first-order chi connectivity index (χ1) is 8.56. The number of aromatic nitrogens is 2. The maximum Gasteiger partial charge on any atom is 0.145 e. The van der Waals surface area contributed by atoms with Crippen LogP contribution in [0.5, 0.6) is 5.75 Å². The molecule has 0 radical (unpaired) electrons. The zero-order chi connectivity index (χ0) is 13.1. The first-order valence-corrected chi connectivity index (χ1v) is 6.16. The van der Waals surface area contributed by atoms with Crippen LogP contribution in [0.3, 0.4) is 0 Å². The van der Waals surface area contributed by atoms with Crippen molar-refractivity contribution in [2.24, 2.45) is 0 Å². The van der Waals surface area contributed by atoms with Gasteiger partial charge in [-0.25, -0.2) is 0 Å². The molecule has 2 N–H and O–H groups in total. The van der Waals surface area contributed by atoms with Gasteiger partial charge in [-0.2, -0.15) is 5.10 Å². The highest BCUT2D eigenvalue weighted by molar-refractivity contribution is 6.30. The van der Waals surface area contributed by atoms with Crippen LogP contribution in [0.1, 0.15) is 25.6 Å². The molecule has 0 aliphatic carbocycles. The van der Waals surface area contributed by atoms with Crippen LogP contribution in [-0.2, 0) is 6.61 Å². The fourth-order valence-corrected chi connectivity index (χ4v) is 1.82. The molecule has 18 heavy (non-hydrogen) atoms. The Morgan fingerprint density at radius 1 is 1.33 bits per heavy atom. The number of rotatable bonds is 4. The van der Waals surface area contributed by atoms with Crippen LogP contribution >= 0.6 is 11.6 Å². The van der Waals surface area contributed by atoms with E-state index in [1.807, 2.05) is 22.9 Å². The maximum atomic E-state index is 5.81. The van der Waals surface area contributed by atoms with Gasteiger partial charge >= 0.3 is 0 Å². The average molecular weight is 266 g/mol. The van der Waals surface area contributed by atoms with Crippen LogP contribution in [0.4, 0.5) is 5.82 Å². The molecule has 4 nitrogen and oxygen atoms in total. The normalized spacial score (nSPS) is 10.9. The largest absolute Gasteiger partial charge is 0.487 e. The van der Waals surface area contributed by atoms with E-state index in [1.54, 1.807) is 12.1 Å². The average Bonchev–Trinajstić information content (AvgIpc) is 2.70. The van der Waals surface area contributed by atoms with Crippen molar-refractivity contribution in [1.29, 1.82) is 0 Å². The third-order valence-corrected chi connectivity index (χ3v) is 2.77. The fraction of sp³-hybridized carbons (Fsp3) is 0.308. The second-order valence-corrected chi connectivity index (χ2v) is 4.78. The van der Waals surface area contributed by atoms with E-state index in [-0.39, 0.29) is 6.04 Å². The minimum atomic E-state index is 0.256. The Kier molecular flexibility index (Phi) is 3.77. The second kappa shape index (κ2) is 5.31. The Hall–Kier alpha value is -1.68. The van der Waals surface area contributed by atoms with E-state index in [0.717, 1.165) is 11.4 Å². The summed E-state index contributed by atoms with van der Waals surface area (Å²) < 4.78 is 7.54. The molecule has 0 saturated heterocycles. The Morgan fingerprint density at radius 2 is 2.00 bits per heavy atom. The Bertz CT molecular complexity index is 520. The van der Waals surface area contributed by atoms with Gasteiger partial charge in [0.2, 0.25) is 0 Å². The zero-order valence-corrected chi connectivity index (χ0v) is 11.2. The summed E-state index contributed by atoms with van der Waals surface area (Å²) in [4.78, 5) is 0. The van der Waals surface area contributed by atoms with Crippen molar-refractivity contribution in [1.82, 2.24) is 9.78 Å². The third-order valence-electron chi connectivity index (χ3n) is 2.52. The molecule has 0 saturated carbocycles. The van der Waals surface area contributed by atoms with E-state index in [4.69, 9.17) is 22.1 Å². The number of nitrogens with zero attached hydrogens (tertiary/aromatic N) is 2. The summed E-state index contributed by atoms with van der Waals surface area (Å²) in [7, 11) is 0. The van der Waals surface area contributed by atoms with E-state index in [1.165, 1.54) is 0 Å². The summed E-state index contributed by atoms with van der Waals surface area (Å²) in [5.74, 6) is 1.29. The van der Waals surface area contributed by atoms with Crippen LogP contribution < -0.4 is 10.5 Å². The number of nitrogens with two attached hydrogens (primary N) is 1. The van der Waals surface area contributed by atoms with Gasteiger partial charge < -0.3 is 10.5 Å². The van der Waals surface area contributed by atoms with Gasteiger partial charge in [-0.05, 0) is 38.1 Å². The monoisotopic (exact) mass is 265 g/mol. The molecule has 0 bridgehead atoms. The van der Waals surface area contributed by atoms with Crippen molar-refractivity contribution in [3.05, 3.63) is 41.0 Å². The lowest BCUT2D eigenvalue weighted by molar-refractivity contribution is 0.288. The van der Waals surface area contributed by atoms with Gasteiger partial charge in [0, 0.05) is 17.1 Å². The number of hydrogen-bond acceptors (Lipinski definition) is 3. The summed E-state index contributed by atoms with van der Waals surface area (Å²) >= 11 is 5.81. The molecule has 1 aromatic heterocycles. The number of anilines is 1. The highest BCUT2D eigenvalue weighted by atomic mass is 35.5. The van der Waals surface area contributed by atoms with Crippen LogP contribution in [0.25, 0.3) is 0 Å². The number of benzene rings is 1. The lowest BCUT2D eigenvalue weighted by atomic mass is 10.3. The quantitative estimate of drug-likeness (QED) is 0.923. The summed E-state index contributed by atoms with van der Waals surface area (Å²) in [6.07, 6.45) is 0. The fourth-order valence-electron chi connectivity index (χ4n) is 1.70. The maximum absolute atomic E-state index is 5.81. The molecule has 2 aromatic rings. The van der Waals surface area contributed by atoms with Crippen LogP contribution in [0, 0.1) is 0 Å². The van der Waals surface area contributed by atoms with Crippen molar-refractivity contribution >= 4 is 17.4 Å². The van der Waals surface area contributed by atoms with Gasteiger partial charge in [0.25, 0.3) is 0 Å². The first-order valence-electron chi connectivity index (χ1n) is 5.78. The Balaban J connectivity index is 2.08. The molecule has 0 atom stereocenters. The second-order valence-electron chi connectivity index (χ2n) is 4.34. The summed E-state index contributed by atoms with van der Waals surface area (Å²) in [6, 6.07) is 9.35. The minimum absolute atomic E-state index is 0.256. The molecule has 0 aliphatic heterocycles. The molecule has 0 aliphatic rings. The van der Waals surface area contributed by atoms with Gasteiger partial charge in [-0.3, -0.25) is 4.68 Å². The van der Waals surface area contributed by atoms with Crippen molar-refractivity contribution in [3.63, 3.8) is 0 Å². The van der Waals surface area contributed by atoms with E-state index < -0.39 is 0 Å². The highest BCUT2D eigenvalue weighted by Gasteiger charge is 2.09. The van der Waals surface area contributed by atoms with Gasteiger partial charge in [0.1, 0.15) is 18.2 Å². The molecule has 2 rings (SSSR count). The van der Waals surface area contributed by atoms with E-state index >= 15 is 0 Å². The number of ether oxygens (including phenoxy) is 1. The van der Waals surface area contributed by atoms with Gasteiger partial charge in [0.15, 0.2) is 0 Å². The standard InChI is InChI=1S/C13H16ClN3O/c1-9(2)17-11(7-13(15)16-17)8-18-12-5-3-10(14)4-6-12/h3-7,9H,8H2,1-2H3,(H2,15,16). The summed E-state index contributed by atoms with van der Waals surface area (Å²) in [5, 5.41) is 4.92. The van der Waals surface area contributed by atoms with Gasteiger partial charge in [0.05, 0.1) is 5.69 Å². The lowest BCUT2D eigenvalue weighted by Gasteiger charge is -2.11. The minimum Gasteiger partial charge on any atom is -0.487 e. The van der Waals surface area contributed by atoms with Crippen LogP contribution in [-0.4, -0.2) is 9.78 Å². The van der Waals surface area contributed by atoms with E-state index in [9.17, 15) is 0 Å². The van der Waals surface area contributed by atoms with Crippen LogP contribution in [0.15, 0.2) is 30.3 Å². The molecule has 0 unspecified atom stereocenters. The molecular formula is C13H16ClN3O. The molecule has 1 heterocycles. The SMILES string of the molecule is CC(C)n1nc(N)cc1COc1ccc(Cl)cc1. The molecule has 1 aromatic carbocycles. The Morgan fingerprint density at radius 3 is 2.61 bits per heavy atom. The topological polar surface area (TPSA) is 53.1 Å². The van der Waals surface area contributed by atoms with Crippen LogP contribution in [0.2, 0.25) is 5.02 Å². The van der Waals surface area contributed by atoms with Crippen molar-refractivity contribution in [2.45, 2.75) is 26.5 Å². The van der Waals surface area contributed by atoms with Crippen molar-refractivity contribution < 1.29 is 4.74 Å². The van der Waals surface area contributed by atoms with Crippen molar-refractivity contribution in [2.75, 3.05) is 5.73 Å². The first kappa shape index (κ1) is 12.8. The molecule has 96 valence electrons. The predicted octanol–water partition coefficient (Wildman–Crippen LogP) is 3.28. The molecule has 0 fully saturated rings. The van der Waals surface area contributed by atoms with E-state index in [0.29, 0.717) is 17.4 Å². The molecule has 0 spiro atoms. The van der Waals surface area contributed by atoms with E-state index in [2.05, 4.69) is 18.9 Å². The number of hydrogen-bond donors (Lipinski definition) is 1. The summed E-state index contributed by atoms with van der Waals surface area (Å²) in [6.45, 7) is 4.54. The van der Waals surface area contributed by atoms with Gasteiger partial charge in [-0.1, -0.05) is 11.6 Å². The summed E-state index contributed by atoms with van der Waals surface area (Å²) in [5.41, 5.74) is 6.66. The molecule has 5 heteroatoms. The van der Waals surface area contributed by atoms with Crippen molar-refractivity contribution in [3.8, 4) is 5.75 Å². The highest BCUT2D eigenvalue weighted by Crippen LogP contribution is 2.18. The Labute approximate surface area is 111 Å². The smallest absolute Gasteiger partial charge is 0.145 e.